The van der Waals surface area contributed by atoms with Gasteiger partial charge in [0.1, 0.15) is 0 Å². The van der Waals surface area contributed by atoms with Crippen molar-refractivity contribution in [3.05, 3.63) is 59.2 Å². The third-order valence-electron chi connectivity index (χ3n) is 3.12. The molecule has 0 aliphatic heterocycles. The zero-order valence-electron chi connectivity index (χ0n) is 10.7. The van der Waals surface area contributed by atoms with Gasteiger partial charge in [-0.2, -0.15) is 13.2 Å². The maximum atomic E-state index is 12.5. The molecule has 0 bridgehead atoms. The van der Waals surface area contributed by atoms with Crippen molar-refractivity contribution < 1.29 is 18.0 Å². The van der Waals surface area contributed by atoms with Crippen molar-refractivity contribution in [1.82, 2.24) is 0 Å². The van der Waals surface area contributed by atoms with Gasteiger partial charge < -0.3 is 5.73 Å². The highest BCUT2D eigenvalue weighted by Gasteiger charge is 2.30. The predicted molar refractivity (Wildman–Crippen MR) is 70.1 cm³/mol. The van der Waals surface area contributed by atoms with Crippen LogP contribution in [0.4, 0.5) is 13.2 Å². The molecule has 20 heavy (non-hydrogen) atoms. The Labute approximate surface area is 114 Å². The lowest BCUT2D eigenvalue weighted by Crippen LogP contribution is -2.13. The van der Waals surface area contributed by atoms with Crippen molar-refractivity contribution in [2.24, 2.45) is 5.73 Å². The Hall–Kier alpha value is -2.30. The molecule has 1 amide bonds. The van der Waals surface area contributed by atoms with Gasteiger partial charge in [0.05, 0.1) is 5.56 Å². The summed E-state index contributed by atoms with van der Waals surface area (Å²) in [6.07, 6.45) is -4.36. The van der Waals surface area contributed by atoms with Crippen molar-refractivity contribution >= 4 is 5.91 Å². The van der Waals surface area contributed by atoms with E-state index in [-0.39, 0.29) is 0 Å². The molecule has 2 N–H and O–H groups in total. The van der Waals surface area contributed by atoms with E-state index in [2.05, 4.69) is 0 Å². The molecule has 2 rings (SSSR count). The Morgan fingerprint density at radius 2 is 1.65 bits per heavy atom. The third kappa shape index (κ3) is 2.66. The number of benzene rings is 2. The zero-order chi connectivity index (χ0) is 14.9. The number of halogens is 3. The van der Waals surface area contributed by atoms with E-state index in [9.17, 15) is 18.0 Å². The number of carbonyl (C=O) groups is 1. The molecule has 0 aliphatic rings. The highest BCUT2D eigenvalue weighted by molar-refractivity contribution is 5.96. The highest BCUT2D eigenvalue weighted by atomic mass is 19.4. The van der Waals surface area contributed by atoms with Gasteiger partial charge in [0, 0.05) is 5.56 Å². The lowest BCUT2D eigenvalue weighted by Gasteiger charge is -2.11. The van der Waals surface area contributed by atoms with Gasteiger partial charge in [-0.25, -0.2) is 0 Å². The number of primary amides is 1. The van der Waals surface area contributed by atoms with E-state index in [1.165, 1.54) is 12.1 Å². The van der Waals surface area contributed by atoms with Gasteiger partial charge in [0.25, 0.3) is 0 Å². The van der Waals surface area contributed by atoms with Crippen LogP contribution in [0.1, 0.15) is 21.5 Å². The SMILES string of the molecule is Cc1c(C(N)=O)cccc1-c1ccc(C(F)(F)F)cc1. The molecule has 0 saturated carbocycles. The van der Waals surface area contributed by atoms with E-state index in [0.29, 0.717) is 22.3 Å². The maximum Gasteiger partial charge on any atom is 0.416 e. The van der Waals surface area contributed by atoms with Crippen LogP contribution in [0.2, 0.25) is 0 Å². The topological polar surface area (TPSA) is 43.1 Å². The number of hydrogen-bond donors (Lipinski definition) is 1. The summed E-state index contributed by atoms with van der Waals surface area (Å²) in [4.78, 5) is 11.3. The van der Waals surface area contributed by atoms with Gasteiger partial charge >= 0.3 is 6.18 Å². The molecule has 0 atom stereocenters. The second-order valence-electron chi connectivity index (χ2n) is 4.42. The van der Waals surface area contributed by atoms with Gasteiger partial charge in [0.2, 0.25) is 5.91 Å². The quantitative estimate of drug-likeness (QED) is 0.893. The number of carbonyl (C=O) groups excluding carboxylic acids is 1. The summed E-state index contributed by atoms with van der Waals surface area (Å²) in [5.41, 5.74) is 6.87. The van der Waals surface area contributed by atoms with Crippen LogP contribution >= 0.6 is 0 Å². The summed E-state index contributed by atoms with van der Waals surface area (Å²) in [7, 11) is 0. The van der Waals surface area contributed by atoms with Gasteiger partial charge in [-0.3, -0.25) is 4.79 Å². The average Bonchev–Trinajstić information content (AvgIpc) is 2.38. The van der Waals surface area contributed by atoms with Crippen LogP contribution in [0.5, 0.6) is 0 Å². The van der Waals surface area contributed by atoms with Gasteiger partial charge in [-0.05, 0) is 41.8 Å². The fourth-order valence-corrected chi connectivity index (χ4v) is 2.05. The number of rotatable bonds is 2. The van der Waals surface area contributed by atoms with Gasteiger partial charge in [-0.15, -0.1) is 0 Å². The lowest BCUT2D eigenvalue weighted by atomic mass is 9.95. The largest absolute Gasteiger partial charge is 0.416 e. The summed E-state index contributed by atoms with van der Waals surface area (Å²) in [6.45, 7) is 1.72. The van der Waals surface area contributed by atoms with Crippen LogP contribution in [0.15, 0.2) is 42.5 Å². The summed E-state index contributed by atoms with van der Waals surface area (Å²) in [5.74, 6) is -0.559. The molecule has 0 unspecified atom stereocenters. The van der Waals surface area contributed by atoms with Crippen LogP contribution < -0.4 is 5.73 Å². The Kier molecular flexibility index (Phi) is 3.53. The smallest absolute Gasteiger partial charge is 0.366 e. The number of alkyl halides is 3. The van der Waals surface area contributed by atoms with E-state index in [1.54, 1.807) is 25.1 Å². The van der Waals surface area contributed by atoms with Crippen molar-refractivity contribution in [1.29, 1.82) is 0 Å². The number of hydrogen-bond acceptors (Lipinski definition) is 1. The second kappa shape index (κ2) is 5.00. The maximum absolute atomic E-state index is 12.5. The minimum Gasteiger partial charge on any atom is -0.366 e. The molecule has 0 aromatic heterocycles. The fourth-order valence-electron chi connectivity index (χ4n) is 2.05. The molecule has 2 nitrogen and oxygen atoms in total. The number of amides is 1. The summed E-state index contributed by atoms with van der Waals surface area (Å²) >= 11 is 0. The molecule has 2 aromatic carbocycles. The van der Waals surface area contributed by atoms with Crippen molar-refractivity contribution in [3.8, 4) is 11.1 Å². The van der Waals surface area contributed by atoms with Gasteiger partial charge in [0.15, 0.2) is 0 Å². The highest BCUT2D eigenvalue weighted by Crippen LogP contribution is 2.32. The lowest BCUT2D eigenvalue weighted by molar-refractivity contribution is -0.137. The molecule has 104 valence electrons. The van der Waals surface area contributed by atoms with Crippen LogP contribution in [0, 0.1) is 6.92 Å². The normalized spacial score (nSPS) is 11.4. The molecule has 0 radical (unpaired) electrons. The van der Waals surface area contributed by atoms with Crippen LogP contribution in [0.3, 0.4) is 0 Å². The van der Waals surface area contributed by atoms with E-state index in [4.69, 9.17) is 5.73 Å². The summed E-state index contributed by atoms with van der Waals surface area (Å²) < 4.78 is 37.5. The van der Waals surface area contributed by atoms with Crippen LogP contribution in [-0.4, -0.2) is 5.91 Å². The van der Waals surface area contributed by atoms with E-state index < -0.39 is 17.6 Å². The molecular formula is C15H12F3NO. The molecule has 0 fully saturated rings. The minimum atomic E-state index is -4.36. The monoisotopic (exact) mass is 279 g/mol. The first kappa shape index (κ1) is 14.1. The Bertz CT molecular complexity index is 645. The Morgan fingerprint density at radius 1 is 1.05 bits per heavy atom. The first-order valence-corrected chi connectivity index (χ1v) is 5.88. The number of nitrogens with two attached hydrogens (primary N) is 1. The van der Waals surface area contributed by atoms with E-state index in [0.717, 1.165) is 12.1 Å². The van der Waals surface area contributed by atoms with Crippen molar-refractivity contribution in [2.45, 2.75) is 13.1 Å². The molecule has 5 heteroatoms. The summed E-state index contributed by atoms with van der Waals surface area (Å²) in [6, 6.07) is 9.79. The first-order chi connectivity index (χ1) is 9.30. The molecule has 0 spiro atoms. The minimum absolute atomic E-state index is 0.363. The molecular weight excluding hydrogens is 267 g/mol. The van der Waals surface area contributed by atoms with E-state index >= 15 is 0 Å². The standard InChI is InChI=1S/C15H12F3NO/c1-9-12(3-2-4-13(9)14(19)20)10-5-7-11(8-6-10)15(16,17)18/h2-8H,1H3,(H2,19,20). The molecule has 0 saturated heterocycles. The van der Waals surface area contributed by atoms with Crippen molar-refractivity contribution in [3.63, 3.8) is 0 Å². The second-order valence-corrected chi connectivity index (χ2v) is 4.42. The molecule has 0 aliphatic carbocycles. The average molecular weight is 279 g/mol. The Morgan fingerprint density at radius 3 is 2.15 bits per heavy atom. The molecule has 2 aromatic rings. The predicted octanol–water partition coefficient (Wildman–Crippen LogP) is 3.78. The Balaban J connectivity index is 2.48. The first-order valence-electron chi connectivity index (χ1n) is 5.88. The van der Waals surface area contributed by atoms with Gasteiger partial charge in [-0.1, -0.05) is 24.3 Å². The van der Waals surface area contributed by atoms with E-state index in [1.807, 2.05) is 0 Å². The fraction of sp³-hybridized carbons (Fsp3) is 0.133. The van der Waals surface area contributed by atoms with Crippen LogP contribution in [0.25, 0.3) is 11.1 Å². The molecule has 0 heterocycles. The summed E-state index contributed by atoms with van der Waals surface area (Å²) in [5, 5.41) is 0. The van der Waals surface area contributed by atoms with Crippen molar-refractivity contribution in [2.75, 3.05) is 0 Å². The zero-order valence-corrected chi connectivity index (χ0v) is 10.7. The third-order valence-corrected chi connectivity index (χ3v) is 3.12. The van der Waals surface area contributed by atoms with Crippen LogP contribution in [-0.2, 0) is 6.18 Å².